The largest absolute Gasteiger partial charge is 0.371 e. The third-order valence-corrected chi connectivity index (χ3v) is 6.02. The third-order valence-electron chi connectivity index (χ3n) is 6.02. The van der Waals surface area contributed by atoms with Gasteiger partial charge < -0.3 is 10.2 Å². The summed E-state index contributed by atoms with van der Waals surface area (Å²) in [5.74, 6) is 0.754. The molecule has 1 saturated heterocycles. The smallest absolute Gasteiger partial charge is 0.220 e. The van der Waals surface area contributed by atoms with Gasteiger partial charge in [0, 0.05) is 50.1 Å². The maximum atomic E-state index is 12.8. The van der Waals surface area contributed by atoms with Crippen molar-refractivity contribution in [2.24, 2.45) is 5.92 Å². The van der Waals surface area contributed by atoms with Gasteiger partial charge in [-0.3, -0.25) is 9.78 Å². The van der Waals surface area contributed by atoms with E-state index < -0.39 is 0 Å². The maximum Gasteiger partial charge on any atom is 0.220 e. The Labute approximate surface area is 179 Å². The highest BCUT2D eigenvalue weighted by Gasteiger charge is 2.22. The number of pyridine rings is 1. The summed E-state index contributed by atoms with van der Waals surface area (Å²) in [4.78, 5) is 19.3. The van der Waals surface area contributed by atoms with Gasteiger partial charge in [-0.2, -0.15) is 0 Å². The molecule has 0 aliphatic carbocycles. The summed E-state index contributed by atoms with van der Waals surface area (Å²) in [5.41, 5.74) is 3.61. The number of nitrogens with zero attached hydrogens (tertiary/aromatic N) is 2. The summed E-state index contributed by atoms with van der Waals surface area (Å²) >= 11 is 0. The summed E-state index contributed by atoms with van der Waals surface area (Å²) in [5, 5.41) is 3.21. The van der Waals surface area contributed by atoms with E-state index in [1.54, 1.807) is 0 Å². The molecule has 0 spiro atoms. The minimum atomic E-state index is 0.0842. The molecule has 0 saturated carbocycles. The van der Waals surface area contributed by atoms with Gasteiger partial charge >= 0.3 is 0 Å². The minimum Gasteiger partial charge on any atom is -0.371 e. The highest BCUT2D eigenvalue weighted by molar-refractivity contribution is 5.77. The van der Waals surface area contributed by atoms with E-state index in [4.69, 9.17) is 0 Å². The number of hydrogen-bond acceptors (Lipinski definition) is 3. The molecule has 0 atom stereocenters. The fraction of sp³-hybridized carbons (Fsp3) is 0.308. The Morgan fingerprint density at radius 3 is 2.03 bits per heavy atom. The van der Waals surface area contributed by atoms with Crippen LogP contribution >= 0.6 is 0 Å². The lowest BCUT2D eigenvalue weighted by Gasteiger charge is -2.33. The van der Waals surface area contributed by atoms with Crippen molar-refractivity contribution in [3.05, 3.63) is 96.3 Å². The molecule has 1 N–H and O–H groups in total. The number of aromatic nitrogens is 1. The second-order valence-electron chi connectivity index (χ2n) is 8.02. The number of hydrogen-bond donors (Lipinski definition) is 1. The average Bonchev–Trinajstić information content (AvgIpc) is 2.83. The Bertz CT molecular complexity index is 867. The minimum absolute atomic E-state index is 0.0842. The third kappa shape index (κ3) is 5.26. The monoisotopic (exact) mass is 399 g/mol. The molecule has 0 radical (unpaired) electrons. The number of rotatable bonds is 7. The van der Waals surface area contributed by atoms with Crippen LogP contribution in [-0.2, 0) is 4.79 Å². The van der Waals surface area contributed by atoms with Crippen LogP contribution < -0.4 is 10.2 Å². The molecule has 1 fully saturated rings. The molecule has 4 heteroatoms. The molecule has 154 valence electrons. The van der Waals surface area contributed by atoms with Crippen molar-refractivity contribution in [3.63, 3.8) is 0 Å². The number of nitrogens with one attached hydrogen (secondary N) is 1. The molecule has 1 aromatic heterocycles. The van der Waals surface area contributed by atoms with E-state index >= 15 is 0 Å². The molecule has 2 aromatic carbocycles. The van der Waals surface area contributed by atoms with Crippen LogP contribution in [0.5, 0.6) is 0 Å². The van der Waals surface area contributed by atoms with Crippen LogP contribution in [0.25, 0.3) is 0 Å². The van der Waals surface area contributed by atoms with Crippen molar-refractivity contribution in [1.82, 2.24) is 10.3 Å². The van der Waals surface area contributed by atoms with E-state index in [-0.39, 0.29) is 11.8 Å². The van der Waals surface area contributed by atoms with Crippen molar-refractivity contribution >= 4 is 11.6 Å². The summed E-state index contributed by atoms with van der Waals surface area (Å²) in [6.07, 6.45) is 6.37. The van der Waals surface area contributed by atoms with Gasteiger partial charge in [-0.25, -0.2) is 0 Å². The SMILES string of the molecule is O=C(CC(c1ccccc1)c1ccccc1)NCC1CCN(c2ccncc2)CC1. The number of benzene rings is 2. The molecule has 1 amide bonds. The zero-order valence-corrected chi connectivity index (χ0v) is 17.3. The Kier molecular flexibility index (Phi) is 6.75. The van der Waals surface area contributed by atoms with Gasteiger partial charge in [0.15, 0.2) is 0 Å². The zero-order chi connectivity index (χ0) is 20.6. The Morgan fingerprint density at radius 2 is 1.47 bits per heavy atom. The van der Waals surface area contributed by atoms with Gasteiger partial charge in [0.25, 0.3) is 0 Å². The predicted octanol–water partition coefficient (Wildman–Crippen LogP) is 4.64. The van der Waals surface area contributed by atoms with Gasteiger partial charge in [0.05, 0.1) is 0 Å². The lowest BCUT2D eigenvalue weighted by molar-refractivity contribution is -0.121. The van der Waals surface area contributed by atoms with Crippen LogP contribution in [0.4, 0.5) is 5.69 Å². The van der Waals surface area contributed by atoms with Crippen LogP contribution in [0.1, 0.15) is 36.3 Å². The highest BCUT2D eigenvalue weighted by atomic mass is 16.1. The fourth-order valence-electron chi connectivity index (χ4n) is 4.26. The molecule has 4 rings (SSSR count). The van der Waals surface area contributed by atoms with Gasteiger partial charge in [-0.05, 0) is 42.0 Å². The first-order valence-electron chi connectivity index (χ1n) is 10.8. The zero-order valence-electron chi connectivity index (χ0n) is 17.3. The van der Waals surface area contributed by atoms with E-state index in [1.165, 1.54) is 16.8 Å². The first kappa shape index (κ1) is 20.1. The molecule has 30 heavy (non-hydrogen) atoms. The van der Waals surface area contributed by atoms with Crippen LogP contribution in [0.3, 0.4) is 0 Å². The standard InChI is InChI=1S/C26H29N3O/c30-26(19-25(22-7-3-1-4-8-22)23-9-5-2-6-10-23)28-20-21-13-17-29(18-14-21)24-11-15-27-16-12-24/h1-12,15-16,21,25H,13-14,17-20H2,(H,28,30). The molecule has 0 unspecified atom stereocenters. The Morgan fingerprint density at radius 1 is 0.900 bits per heavy atom. The molecule has 1 aliphatic rings. The number of carbonyl (C=O) groups is 1. The van der Waals surface area contributed by atoms with E-state index in [1.807, 2.05) is 48.8 Å². The van der Waals surface area contributed by atoms with Crippen LogP contribution in [0.2, 0.25) is 0 Å². The molecule has 4 nitrogen and oxygen atoms in total. The average molecular weight is 400 g/mol. The number of carbonyl (C=O) groups excluding carboxylic acids is 1. The van der Waals surface area contributed by atoms with Gasteiger partial charge in [0.2, 0.25) is 5.91 Å². The lowest BCUT2D eigenvalue weighted by Crippen LogP contribution is -2.39. The van der Waals surface area contributed by atoms with E-state index in [0.29, 0.717) is 12.3 Å². The van der Waals surface area contributed by atoms with Crippen molar-refractivity contribution in [2.45, 2.75) is 25.2 Å². The Balaban J connectivity index is 1.30. The van der Waals surface area contributed by atoms with E-state index in [0.717, 1.165) is 32.5 Å². The topological polar surface area (TPSA) is 45.2 Å². The van der Waals surface area contributed by atoms with Crippen LogP contribution in [0, 0.1) is 5.92 Å². The van der Waals surface area contributed by atoms with Crippen molar-refractivity contribution in [3.8, 4) is 0 Å². The number of anilines is 1. The van der Waals surface area contributed by atoms with Gasteiger partial charge in [-0.15, -0.1) is 0 Å². The lowest BCUT2D eigenvalue weighted by atomic mass is 9.88. The summed E-state index contributed by atoms with van der Waals surface area (Å²) in [6.45, 7) is 2.82. The number of piperidine rings is 1. The quantitative estimate of drug-likeness (QED) is 0.630. The summed E-state index contributed by atoms with van der Waals surface area (Å²) in [6, 6.07) is 24.8. The molecule has 3 aromatic rings. The second kappa shape index (κ2) is 10.1. The molecular weight excluding hydrogens is 370 g/mol. The van der Waals surface area contributed by atoms with Crippen molar-refractivity contribution in [1.29, 1.82) is 0 Å². The first-order valence-corrected chi connectivity index (χ1v) is 10.8. The second-order valence-corrected chi connectivity index (χ2v) is 8.02. The van der Waals surface area contributed by atoms with E-state index in [9.17, 15) is 4.79 Å². The molecule has 1 aliphatic heterocycles. The van der Waals surface area contributed by atoms with Crippen LogP contribution in [-0.4, -0.2) is 30.5 Å². The summed E-state index contributed by atoms with van der Waals surface area (Å²) < 4.78 is 0. The molecular formula is C26H29N3O. The van der Waals surface area contributed by atoms with Crippen LogP contribution in [0.15, 0.2) is 85.2 Å². The maximum absolute atomic E-state index is 12.8. The normalized spacial score (nSPS) is 14.6. The fourth-order valence-corrected chi connectivity index (χ4v) is 4.26. The van der Waals surface area contributed by atoms with Gasteiger partial charge in [0.1, 0.15) is 0 Å². The Hall–Kier alpha value is -3.14. The first-order chi connectivity index (χ1) is 14.8. The predicted molar refractivity (Wildman–Crippen MR) is 122 cm³/mol. The highest BCUT2D eigenvalue weighted by Crippen LogP contribution is 2.28. The number of amides is 1. The van der Waals surface area contributed by atoms with Gasteiger partial charge in [-0.1, -0.05) is 60.7 Å². The van der Waals surface area contributed by atoms with E-state index in [2.05, 4.69) is 51.6 Å². The summed E-state index contributed by atoms with van der Waals surface area (Å²) in [7, 11) is 0. The molecule has 0 bridgehead atoms. The van der Waals surface area contributed by atoms with Crippen molar-refractivity contribution < 1.29 is 4.79 Å². The van der Waals surface area contributed by atoms with Crippen molar-refractivity contribution in [2.75, 3.05) is 24.5 Å². The molecule has 2 heterocycles.